The van der Waals surface area contributed by atoms with E-state index in [0.29, 0.717) is 24.9 Å². The fraction of sp³-hybridized carbons (Fsp3) is 0.409. The molecule has 0 N–H and O–H groups in total. The fourth-order valence-electron chi connectivity index (χ4n) is 3.01. The molecule has 0 heterocycles. The maximum Gasteiger partial charge on any atom is 0.305 e. The summed E-state index contributed by atoms with van der Waals surface area (Å²) in [6.07, 6.45) is 3.22. The lowest BCUT2D eigenvalue weighted by molar-refractivity contribution is -0.143. The van der Waals surface area contributed by atoms with Crippen LogP contribution < -0.4 is 0 Å². The van der Waals surface area contributed by atoms with Crippen molar-refractivity contribution in [3.8, 4) is 0 Å². The monoisotopic (exact) mass is 324 g/mol. The number of benzene rings is 2. The second-order valence-electron chi connectivity index (χ2n) is 6.73. The number of carbonyl (C=O) groups excluding carboxylic acids is 1. The highest BCUT2D eigenvalue weighted by molar-refractivity contribution is 5.69. The van der Waals surface area contributed by atoms with Crippen LogP contribution in [-0.4, -0.2) is 12.6 Å². The van der Waals surface area contributed by atoms with E-state index in [1.54, 1.807) is 0 Å². The summed E-state index contributed by atoms with van der Waals surface area (Å²) >= 11 is 0. The van der Waals surface area contributed by atoms with E-state index in [0.717, 1.165) is 19.3 Å². The minimum atomic E-state index is -0.0874. The van der Waals surface area contributed by atoms with E-state index in [1.807, 2.05) is 24.3 Å². The van der Waals surface area contributed by atoms with Crippen molar-refractivity contribution in [1.82, 2.24) is 0 Å². The number of esters is 1. The highest BCUT2D eigenvalue weighted by Crippen LogP contribution is 2.28. The Morgan fingerprint density at radius 2 is 1.58 bits per heavy atom. The number of rotatable bonds is 9. The molecule has 0 radical (unpaired) electrons. The summed E-state index contributed by atoms with van der Waals surface area (Å²) in [6.45, 7) is 4.92. The van der Waals surface area contributed by atoms with E-state index in [4.69, 9.17) is 4.74 Å². The third kappa shape index (κ3) is 6.57. The molecule has 2 rings (SSSR count). The Balaban J connectivity index is 1.77. The van der Waals surface area contributed by atoms with Crippen molar-refractivity contribution >= 4 is 5.97 Å². The van der Waals surface area contributed by atoms with Gasteiger partial charge in [-0.05, 0) is 35.8 Å². The molecule has 2 nitrogen and oxygen atoms in total. The van der Waals surface area contributed by atoms with E-state index in [9.17, 15) is 4.79 Å². The topological polar surface area (TPSA) is 26.3 Å². The van der Waals surface area contributed by atoms with Crippen LogP contribution in [-0.2, 0) is 16.0 Å². The van der Waals surface area contributed by atoms with Crippen LogP contribution in [0.15, 0.2) is 60.7 Å². The predicted octanol–water partition coefficient (Wildman–Crippen LogP) is 5.38. The third-order valence-electron chi connectivity index (χ3n) is 4.22. The molecule has 0 aliphatic rings. The predicted molar refractivity (Wildman–Crippen MR) is 99.0 cm³/mol. The molecule has 0 spiro atoms. The van der Waals surface area contributed by atoms with Gasteiger partial charge in [-0.3, -0.25) is 4.79 Å². The fourth-order valence-corrected chi connectivity index (χ4v) is 3.01. The number of hydrogen-bond acceptors (Lipinski definition) is 2. The van der Waals surface area contributed by atoms with Gasteiger partial charge in [0.25, 0.3) is 0 Å². The summed E-state index contributed by atoms with van der Waals surface area (Å²) < 4.78 is 5.40. The van der Waals surface area contributed by atoms with Crippen LogP contribution in [0.1, 0.15) is 50.2 Å². The maximum absolute atomic E-state index is 12.0. The summed E-state index contributed by atoms with van der Waals surface area (Å²) in [5.41, 5.74) is 2.52. The summed E-state index contributed by atoms with van der Waals surface area (Å²) in [7, 11) is 0. The van der Waals surface area contributed by atoms with Gasteiger partial charge in [-0.2, -0.15) is 0 Å². The summed E-state index contributed by atoms with van der Waals surface area (Å²) in [5, 5.41) is 0. The molecule has 1 atom stereocenters. The van der Waals surface area contributed by atoms with Crippen LogP contribution >= 0.6 is 0 Å². The lowest BCUT2D eigenvalue weighted by Gasteiger charge is -2.19. The number of ether oxygens (including phenoxy) is 1. The Hall–Kier alpha value is -2.09. The third-order valence-corrected chi connectivity index (χ3v) is 4.22. The molecule has 2 aromatic rings. The van der Waals surface area contributed by atoms with Gasteiger partial charge in [0.15, 0.2) is 0 Å². The van der Waals surface area contributed by atoms with Gasteiger partial charge < -0.3 is 4.74 Å². The van der Waals surface area contributed by atoms with Gasteiger partial charge in [0.1, 0.15) is 0 Å². The van der Waals surface area contributed by atoms with Crippen LogP contribution in [0.25, 0.3) is 0 Å². The zero-order valence-electron chi connectivity index (χ0n) is 14.8. The van der Waals surface area contributed by atoms with E-state index >= 15 is 0 Å². The molecule has 0 aliphatic heterocycles. The first-order chi connectivity index (χ1) is 11.6. The zero-order chi connectivity index (χ0) is 17.2. The minimum absolute atomic E-state index is 0.0874. The lowest BCUT2D eigenvalue weighted by atomic mass is 9.87. The molecule has 0 saturated heterocycles. The van der Waals surface area contributed by atoms with E-state index < -0.39 is 0 Å². The SMILES string of the molecule is CC(C)CC(CCC(=O)OCCc1ccccc1)c1ccccc1. The van der Waals surface area contributed by atoms with E-state index in [1.165, 1.54) is 11.1 Å². The van der Waals surface area contributed by atoms with Gasteiger partial charge in [0, 0.05) is 12.8 Å². The Morgan fingerprint density at radius 1 is 0.958 bits per heavy atom. The first-order valence-electron chi connectivity index (χ1n) is 8.89. The van der Waals surface area contributed by atoms with Crippen LogP contribution in [0, 0.1) is 5.92 Å². The molecule has 0 aliphatic carbocycles. The molecule has 2 heteroatoms. The quantitative estimate of drug-likeness (QED) is 0.579. The Bertz CT molecular complexity index is 590. The van der Waals surface area contributed by atoms with Crippen molar-refractivity contribution in [1.29, 1.82) is 0 Å². The zero-order valence-corrected chi connectivity index (χ0v) is 14.8. The van der Waals surface area contributed by atoms with Gasteiger partial charge in [-0.1, -0.05) is 74.5 Å². The van der Waals surface area contributed by atoms with Gasteiger partial charge >= 0.3 is 5.97 Å². The van der Waals surface area contributed by atoms with Crippen molar-refractivity contribution in [3.63, 3.8) is 0 Å². The molecule has 1 unspecified atom stereocenters. The molecule has 0 amide bonds. The average molecular weight is 324 g/mol. The Kier molecular flexibility index (Phi) is 7.54. The number of carbonyl (C=O) groups is 1. The second-order valence-corrected chi connectivity index (χ2v) is 6.73. The summed E-state index contributed by atoms with van der Waals surface area (Å²) in [5.74, 6) is 0.952. The Morgan fingerprint density at radius 3 is 2.21 bits per heavy atom. The highest BCUT2D eigenvalue weighted by atomic mass is 16.5. The standard InChI is InChI=1S/C22H28O2/c1-18(2)17-21(20-11-7-4-8-12-20)13-14-22(23)24-16-15-19-9-5-3-6-10-19/h3-12,18,21H,13-17H2,1-2H3. The highest BCUT2D eigenvalue weighted by Gasteiger charge is 2.15. The van der Waals surface area contributed by atoms with E-state index in [-0.39, 0.29) is 5.97 Å². The van der Waals surface area contributed by atoms with Crippen molar-refractivity contribution in [2.24, 2.45) is 5.92 Å². The van der Waals surface area contributed by atoms with Crippen molar-refractivity contribution in [3.05, 3.63) is 71.8 Å². The summed E-state index contributed by atoms with van der Waals surface area (Å²) in [4.78, 5) is 12.0. The van der Waals surface area contributed by atoms with Crippen LogP contribution in [0.2, 0.25) is 0 Å². The summed E-state index contributed by atoms with van der Waals surface area (Å²) in [6, 6.07) is 20.6. The first kappa shape index (κ1) is 18.3. The van der Waals surface area contributed by atoms with Gasteiger partial charge in [0.05, 0.1) is 6.61 Å². The van der Waals surface area contributed by atoms with E-state index in [2.05, 4.69) is 50.2 Å². The minimum Gasteiger partial charge on any atom is -0.465 e. The molecule has 0 aromatic heterocycles. The molecule has 0 saturated carbocycles. The molecule has 0 fully saturated rings. The molecular formula is C22H28O2. The molecule has 0 bridgehead atoms. The normalized spacial score (nSPS) is 12.1. The Labute approximate surface area is 145 Å². The van der Waals surface area contributed by atoms with Gasteiger partial charge in [-0.25, -0.2) is 0 Å². The molecule has 128 valence electrons. The van der Waals surface area contributed by atoms with Gasteiger partial charge in [-0.15, -0.1) is 0 Å². The van der Waals surface area contributed by atoms with Crippen LogP contribution in [0.5, 0.6) is 0 Å². The second kappa shape index (κ2) is 9.92. The van der Waals surface area contributed by atoms with Crippen molar-refractivity contribution in [2.45, 2.75) is 45.4 Å². The molecule has 2 aromatic carbocycles. The van der Waals surface area contributed by atoms with Gasteiger partial charge in [0.2, 0.25) is 0 Å². The average Bonchev–Trinajstić information content (AvgIpc) is 2.60. The van der Waals surface area contributed by atoms with Crippen molar-refractivity contribution in [2.75, 3.05) is 6.61 Å². The number of hydrogen-bond donors (Lipinski definition) is 0. The molecular weight excluding hydrogens is 296 g/mol. The molecule has 24 heavy (non-hydrogen) atoms. The smallest absolute Gasteiger partial charge is 0.305 e. The van der Waals surface area contributed by atoms with Crippen LogP contribution in [0.4, 0.5) is 0 Å². The maximum atomic E-state index is 12.0. The van der Waals surface area contributed by atoms with Crippen LogP contribution in [0.3, 0.4) is 0 Å². The largest absolute Gasteiger partial charge is 0.465 e. The first-order valence-corrected chi connectivity index (χ1v) is 8.89. The lowest BCUT2D eigenvalue weighted by Crippen LogP contribution is -2.11. The van der Waals surface area contributed by atoms with Crippen molar-refractivity contribution < 1.29 is 9.53 Å².